The molecule has 0 spiro atoms. The third-order valence-electron chi connectivity index (χ3n) is 3.11. The number of hydrogen-bond acceptors (Lipinski definition) is 3. The second kappa shape index (κ2) is 3.45. The third kappa shape index (κ3) is 1.28. The van der Waals surface area contributed by atoms with Crippen molar-refractivity contribution in [2.75, 3.05) is 13.7 Å². The predicted octanol–water partition coefficient (Wildman–Crippen LogP) is 0.461. The molecule has 3 rings (SSSR count). The first-order chi connectivity index (χ1) is 7.77. The van der Waals surface area contributed by atoms with Crippen molar-refractivity contribution >= 4 is 12.1 Å². The van der Waals surface area contributed by atoms with Gasteiger partial charge < -0.3 is 9.15 Å². The molecule has 1 aromatic heterocycles. The monoisotopic (exact) mass is 221 g/mol. The van der Waals surface area contributed by atoms with Crippen LogP contribution in [0.1, 0.15) is 12.2 Å². The lowest BCUT2D eigenvalue weighted by Gasteiger charge is -2.07. The summed E-state index contributed by atoms with van der Waals surface area (Å²) < 4.78 is 12.6. The van der Waals surface area contributed by atoms with Crippen LogP contribution in [0.3, 0.4) is 0 Å². The first-order valence-electron chi connectivity index (χ1n) is 5.33. The van der Waals surface area contributed by atoms with Crippen LogP contribution in [0.4, 0.5) is 0 Å². The Labute approximate surface area is 92.9 Å². The van der Waals surface area contributed by atoms with Crippen LogP contribution in [-0.4, -0.2) is 41.7 Å². The van der Waals surface area contributed by atoms with E-state index in [4.69, 9.17) is 9.15 Å². The Hall–Kier alpha value is -1.62. The van der Waals surface area contributed by atoms with Gasteiger partial charge in [0.2, 0.25) is 6.21 Å². The second-order valence-corrected chi connectivity index (χ2v) is 4.04. The van der Waals surface area contributed by atoms with E-state index in [2.05, 4.69) is 0 Å². The van der Waals surface area contributed by atoms with Crippen molar-refractivity contribution in [3.8, 4) is 0 Å². The van der Waals surface area contributed by atoms with Crippen molar-refractivity contribution < 1.29 is 18.6 Å². The van der Waals surface area contributed by atoms with Gasteiger partial charge in [0.15, 0.2) is 5.76 Å². The molecular weight excluding hydrogens is 208 g/mol. The number of ether oxygens (including phenoxy) is 1. The highest BCUT2D eigenvalue weighted by Crippen LogP contribution is 2.30. The summed E-state index contributed by atoms with van der Waals surface area (Å²) in [4.78, 5) is 11.9. The summed E-state index contributed by atoms with van der Waals surface area (Å²) >= 11 is 0. The average Bonchev–Trinajstić information content (AvgIpc) is 2.97. The molecule has 5 heteroatoms. The molecule has 1 amide bonds. The van der Waals surface area contributed by atoms with Crippen LogP contribution >= 0.6 is 0 Å². The fraction of sp³-hybridized carbons (Fsp3) is 0.455. The zero-order valence-corrected chi connectivity index (χ0v) is 9.00. The number of rotatable bonds is 1. The predicted molar refractivity (Wildman–Crippen MR) is 54.8 cm³/mol. The number of hydrogen-bond donors (Lipinski definition) is 0. The van der Waals surface area contributed by atoms with E-state index in [0.29, 0.717) is 6.61 Å². The number of fused-ring (bicyclic) bond motifs is 1. The van der Waals surface area contributed by atoms with E-state index in [1.807, 2.05) is 12.1 Å². The summed E-state index contributed by atoms with van der Waals surface area (Å²) in [6.07, 6.45) is 4.05. The molecule has 0 saturated carbocycles. The molecule has 2 saturated heterocycles. The molecule has 3 heterocycles. The van der Waals surface area contributed by atoms with Gasteiger partial charge in [0.05, 0.1) is 19.9 Å². The fourth-order valence-electron chi connectivity index (χ4n) is 2.26. The molecule has 0 radical (unpaired) electrons. The molecule has 0 N–H and O–H groups in total. The Morgan fingerprint density at radius 3 is 3.25 bits per heavy atom. The number of hydrazine groups is 1. The Kier molecular flexibility index (Phi) is 2.07. The molecule has 0 aliphatic carbocycles. The molecule has 0 bridgehead atoms. The van der Waals surface area contributed by atoms with Crippen molar-refractivity contribution in [2.45, 2.75) is 12.6 Å². The van der Waals surface area contributed by atoms with E-state index in [9.17, 15) is 4.79 Å². The van der Waals surface area contributed by atoms with Crippen LogP contribution in [-0.2, 0) is 9.53 Å². The summed E-state index contributed by atoms with van der Waals surface area (Å²) in [5.41, 5.74) is 0. The van der Waals surface area contributed by atoms with Gasteiger partial charge in [-0.05, 0) is 18.6 Å². The van der Waals surface area contributed by atoms with Crippen LogP contribution in [0.25, 0.3) is 0 Å². The highest BCUT2D eigenvalue weighted by Gasteiger charge is 2.53. The fourth-order valence-corrected chi connectivity index (χ4v) is 2.26. The maximum atomic E-state index is 11.9. The highest BCUT2D eigenvalue weighted by atomic mass is 16.5. The maximum Gasteiger partial charge on any atom is 0.298 e. The third-order valence-corrected chi connectivity index (χ3v) is 3.11. The Morgan fingerprint density at radius 1 is 1.62 bits per heavy atom. The largest absolute Gasteiger partial charge is 0.459 e. The number of carbonyl (C=O) groups is 1. The van der Waals surface area contributed by atoms with Crippen LogP contribution in [0, 0.1) is 5.92 Å². The lowest BCUT2D eigenvalue weighted by Crippen LogP contribution is -2.33. The zero-order chi connectivity index (χ0) is 11.1. The highest BCUT2D eigenvalue weighted by molar-refractivity contribution is 5.81. The molecule has 2 atom stereocenters. The SMILES string of the molecule is CN1C(=O)[C@H]2CCO[C@H]2/[N+]1=C/c1ccco1. The van der Waals surface area contributed by atoms with E-state index in [1.54, 1.807) is 29.2 Å². The molecule has 1 aromatic rings. The van der Waals surface area contributed by atoms with Gasteiger partial charge in [-0.2, -0.15) is 0 Å². The van der Waals surface area contributed by atoms with Crippen molar-refractivity contribution in [3.63, 3.8) is 0 Å². The number of nitrogens with zero attached hydrogens (tertiary/aromatic N) is 2. The quantitative estimate of drug-likeness (QED) is 0.647. The summed E-state index contributed by atoms with van der Waals surface area (Å²) in [5.74, 6) is 0.803. The summed E-state index contributed by atoms with van der Waals surface area (Å²) in [6.45, 7) is 0.650. The van der Waals surface area contributed by atoms with E-state index >= 15 is 0 Å². The number of amides is 1. The van der Waals surface area contributed by atoms with Gasteiger partial charge in [-0.1, -0.05) is 4.68 Å². The van der Waals surface area contributed by atoms with Crippen LogP contribution in [0.15, 0.2) is 22.8 Å². The summed E-state index contributed by atoms with van der Waals surface area (Å²) in [5, 5.41) is 1.59. The number of carbonyl (C=O) groups excluding carboxylic acids is 1. The van der Waals surface area contributed by atoms with Crippen LogP contribution < -0.4 is 0 Å². The summed E-state index contributed by atoms with van der Waals surface area (Å²) in [7, 11) is 1.75. The lowest BCUT2D eigenvalue weighted by molar-refractivity contribution is -0.705. The first-order valence-corrected chi connectivity index (χ1v) is 5.33. The molecule has 84 valence electrons. The lowest BCUT2D eigenvalue weighted by atomic mass is 10.1. The van der Waals surface area contributed by atoms with E-state index in [0.717, 1.165) is 12.2 Å². The van der Waals surface area contributed by atoms with Gasteiger partial charge in [0.1, 0.15) is 5.92 Å². The molecule has 0 aromatic carbocycles. The molecule has 2 aliphatic heterocycles. The Balaban J connectivity index is 1.97. The van der Waals surface area contributed by atoms with Gasteiger partial charge >= 0.3 is 0 Å². The average molecular weight is 221 g/mol. The second-order valence-electron chi connectivity index (χ2n) is 4.04. The maximum absolute atomic E-state index is 11.9. The minimum atomic E-state index is -0.164. The van der Waals surface area contributed by atoms with Gasteiger partial charge in [-0.3, -0.25) is 4.79 Å². The molecule has 2 fully saturated rings. The van der Waals surface area contributed by atoms with Crippen molar-refractivity contribution in [2.24, 2.45) is 5.92 Å². The van der Waals surface area contributed by atoms with Crippen LogP contribution in [0.5, 0.6) is 0 Å². The van der Waals surface area contributed by atoms with E-state index in [1.165, 1.54) is 0 Å². The zero-order valence-electron chi connectivity index (χ0n) is 9.00. The van der Waals surface area contributed by atoms with Crippen LogP contribution in [0.2, 0.25) is 0 Å². The van der Waals surface area contributed by atoms with Gasteiger partial charge in [-0.15, -0.1) is 5.01 Å². The topological polar surface area (TPSA) is 45.7 Å². The van der Waals surface area contributed by atoms with Crippen molar-refractivity contribution in [1.29, 1.82) is 0 Å². The van der Waals surface area contributed by atoms with E-state index in [-0.39, 0.29) is 18.1 Å². The molecular formula is C11H13N2O3+. The van der Waals surface area contributed by atoms with Gasteiger partial charge in [0, 0.05) is 0 Å². The minimum absolute atomic E-state index is 0.0313. The molecule has 2 aliphatic rings. The number of furan rings is 1. The van der Waals surface area contributed by atoms with Gasteiger partial charge in [0.25, 0.3) is 12.1 Å². The molecule has 5 nitrogen and oxygen atoms in total. The standard InChI is InChI=1S/C11H13N2O3/c1-12-10(14)9-4-6-16-11(9)13(12)7-8-3-2-5-15-8/h2-3,5,7,9,11H,4,6H2,1H3/q+1/b13-7-/t9-,11-/m1/s1. The molecule has 16 heavy (non-hydrogen) atoms. The number of hydrazone groups is 1. The smallest absolute Gasteiger partial charge is 0.298 e. The summed E-state index contributed by atoms with van der Waals surface area (Å²) in [6, 6.07) is 3.66. The normalized spacial score (nSPS) is 31.4. The first kappa shape index (κ1) is 9.59. The van der Waals surface area contributed by atoms with Crippen molar-refractivity contribution in [1.82, 2.24) is 5.01 Å². The Morgan fingerprint density at radius 2 is 2.50 bits per heavy atom. The Bertz CT molecular complexity index is 438. The van der Waals surface area contributed by atoms with Crippen molar-refractivity contribution in [3.05, 3.63) is 24.2 Å². The van der Waals surface area contributed by atoms with E-state index < -0.39 is 0 Å². The minimum Gasteiger partial charge on any atom is -0.459 e. The molecule has 0 unspecified atom stereocenters. The van der Waals surface area contributed by atoms with Gasteiger partial charge in [-0.25, -0.2) is 0 Å².